The van der Waals surface area contributed by atoms with Gasteiger partial charge in [0, 0.05) is 18.7 Å². The number of rotatable bonds is 3. The standard InChI is InChI=1S/C13H13FN2O/c14-10-2-3-12-9(7-10)1-4-13(12)15-8-11-5-6-17-16-11/h2-3,5-7,13,15H,1,4,8H2. The number of hydrogen-bond donors (Lipinski definition) is 1. The highest BCUT2D eigenvalue weighted by Gasteiger charge is 2.22. The molecule has 1 aromatic heterocycles. The number of benzene rings is 1. The molecule has 0 aliphatic heterocycles. The van der Waals surface area contributed by atoms with Crippen LogP contribution in [0.25, 0.3) is 0 Å². The fourth-order valence-corrected chi connectivity index (χ4v) is 2.35. The van der Waals surface area contributed by atoms with Gasteiger partial charge in [-0.1, -0.05) is 11.2 Å². The third-order valence-electron chi connectivity index (χ3n) is 3.20. The molecule has 0 bridgehead atoms. The predicted octanol–water partition coefficient (Wildman–Crippen LogP) is 2.59. The van der Waals surface area contributed by atoms with Gasteiger partial charge in [-0.05, 0) is 36.1 Å². The van der Waals surface area contributed by atoms with Gasteiger partial charge in [0.25, 0.3) is 0 Å². The first-order valence-electron chi connectivity index (χ1n) is 5.74. The molecule has 0 radical (unpaired) electrons. The zero-order valence-electron chi connectivity index (χ0n) is 9.32. The first-order chi connectivity index (χ1) is 8.33. The minimum Gasteiger partial charge on any atom is -0.364 e. The van der Waals surface area contributed by atoms with Crippen LogP contribution in [-0.2, 0) is 13.0 Å². The third kappa shape index (κ3) is 2.08. The average Bonchev–Trinajstić information content (AvgIpc) is 2.94. The van der Waals surface area contributed by atoms with Gasteiger partial charge in [-0.25, -0.2) is 4.39 Å². The smallest absolute Gasteiger partial charge is 0.124 e. The van der Waals surface area contributed by atoms with E-state index >= 15 is 0 Å². The summed E-state index contributed by atoms with van der Waals surface area (Å²) in [6.45, 7) is 0.679. The van der Waals surface area contributed by atoms with Gasteiger partial charge in [0.2, 0.25) is 0 Å². The molecule has 1 unspecified atom stereocenters. The number of aryl methyl sites for hydroxylation is 1. The van der Waals surface area contributed by atoms with Crippen LogP contribution in [0.3, 0.4) is 0 Å². The largest absolute Gasteiger partial charge is 0.364 e. The molecule has 0 saturated carbocycles. The topological polar surface area (TPSA) is 38.1 Å². The van der Waals surface area contributed by atoms with E-state index in [1.807, 2.05) is 12.1 Å². The van der Waals surface area contributed by atoms with Crippen LogP contribution in [0.4, 0.5) is 4.39 Å². The molecule has 3 rings (SSSR count). The Bertz CT molecular complexity index is 510. The second-order valence-electron chi connectivity index (χ2n) is 4.31. The monoisotopic (exact) mass is 232 g/mol. The molecule has 4 heteroatoms. The minimum atomic E-state index is -0.152. The Hall–Kier alpha value is -1.68. The lowest BCUT2D eigenvalue weighted by Gasteiger charge is -2.12. The van der Waals surface area contributed by atoms with Crippen molar-refractivity contribution in [3.63, 3.8) is 0 Å². The maximum absolute atomic E-state index is 13.1. The van der Waals surface area contributed by atoms with Gasteiger partial charge < -0.3 is 9.84 Å². The Kier molecular flexibility index (Phi) is 2.65. The Morgan fingerprint density at radius 2 is 2.35 bits per heavy atom. The van der Waals surface area contributed by atoms with E-state index in [1.54, 1.807) is 12.3 Å². The predicted molar refractivity (Wildman–Crippen MR) is 60.8 cm³/mol. The number of hydrogen-bond acceptors (Lipinski definition) is 3. The SMILES string of the molecule is Fc1ccc2c(c1)CCC2NCc1ccon1. The average molecular weight is 232 g/mol. The van der Waals surface area contributed by atoms with E-state index in [9.17, 15) is 4.39 Å². The first-order valence-corrected chi connectivity index (χ1v) is 5.74. The Labute approximate surface area is 98.6 Å². The maximum atomic E-state index is 13.1. The summed E-state index contributed by atoms with van der Waals surface area (Å²) >= 11 is 0. The summed E-state index contributed by atoms with van der Waals surface area (Å²) in [5.41, 5.74) is 3.21. The summed E-state index contributed by atoms with van der Waals surface area (Å²) in [5.74, 6) is -0.152. The molecule has 0 saturated heterocycles. The summed E-state index contributed by atoms with van der Waals surface area (Å²) in [6.07, 6.45) is 3.51. The van der Waals surface area contributed by atoms with Crippen molar-refractivity contribution in [3.05, 3.63) is 53.2 Å². The van der Waals surface area contributed by atoms with Crippen LogP contribution in [0.15, 0.2) is 35.1 Å². The van der Waals surface area contributed by atoms with Crippen LogP contribution in [0.5, 0.6) is 0 Å². The van der Waals surface area contributed by atoms with Crippen LogP contribution in [0.1, 0.15) is 29.3 Å². The summed E-state index contributed by atoms with van der Waals surface area (Å²) in [6, 6.07) is 7.16. The molecule has 1 N–H and O–H groups in total. The first kappa shape index (κ1) is 10.5. The van der Waals surface area contributed by atoms with Gasteiger partial charge in [0.1, 0.15) is 12.1 Å². The van der Waals surface area contributed by atoms with Gasteiger partial charge in [-0.3, -0.25) is 0 Å². The maximum Gasteiger partial charge on any atom is 0.124 e. The highest BCUT2D eigenvalue weighted by Crippen LogP contribution is 2.31. The zero-order chi connectivity index (χ0) is 11.7. The summed E-state index contributed by atoms with van der Waals surface area (Å²) in [5, 5.41) is 7.26. The summed E-state index contributed by atoms with van der Waals surface area (Å²) < 4.78 is 17.8. The van der Waals surface area contributed by atoms with Gasteiger partial charge in [0.15, 0.2) is 0 Å². The fraction of sp³-hybridized carbons (Fsp3) is 0.308. The van der Waals surface area contributed by atoms with Crippen LogP contribution in [0, 0.1) is 5.82 Å². The Morgan fingerprint density at radius 3 is 3.18 bits per heavy atom. The van der Waals surface area contributed by atoms with Gasteiger partial charge in [0.05, 0.1) is 5.69 Å². The van der Waals surface area contributed by atoms with Gasteiger partial charge in [-0.15, -0.1) is 0 Å². The third-order valence-corrected chi connectivity index (χ3v) is 3.20. The van der Waals surface area contributed by atoms with Crippen LogP contribution in [0.2, 0.25) is 0 Å². The lowest BCUT2D eigenvalue weighted by atomic mass is 10.1. The normalized spacial score (nSPS) is 18.3. The van der Waals surface area contributed by atoms with Crippen LogP contribution >= 0.6 is 0 Å². The van der Waals surface area contributed by atoms with Crippen molar-refractivity contribution >= 4 is 0 Å². The Balaban J connectivity index is 1.71. The molecule has 1 heterocycles. The zero-order valence-corrected chi connectivity index (χ0v) is 9.32. The number of halogens is 1. The lowest BCUT2D eigenvalue weighted by molar-refractivity contribution is 0.404. The number of nitrogens with zero attached hydrogens (tertiary/aromatic N) is 1. The number of nitrogens with one attached hydrogen (secondary N) is 1. The summed E-state index contributed by atoms with van der Waals surface area (Å²) in [4.78, 5) is 0. The fourth-order valence-electron chi connectivity index (χ4n) is 2.35. The van der Waals surface area contributed by atoms with Crippen molar-refractivity contribution in [2.24, 2.45) is 0 Å². The molecular weight excluding hydrogens is 219 g/mol. The van der Waals surface area contributed by atoms with E-state index in [4.69, 9.17) is 4.52 Å². The summed E-state index contributed by atoms with van der Waals surface area (Å²) in [7, 11) is 0. The molecule has 1 aliphatic rings. The van der Waals surface area contributed by atoms with Gasteiger partial charge in [-0.2, -0.15) is 0 Å². The van der Waals surface area contributed by atoms with Crippen molar-refractivity contribution in [2.75, 3.05) is 0 Å². The van der Waals surface area contributed by atoms with Crippen molar-refractivity contribution in [1.29, 1.82) is 0 Å². The van der Waals surface area contributed by atoms with Crippen LogP contribution < -0.4 is 5.32 Å². The van der Waals surface area contributed by atoms with Crippen molar-refractivity contribution in [1.82, 2.24) is 10.5 Å². The highest BCUT2D eigenvalue weighted by atomic mass is 19.1. The molecule has 0 spiro atoms. The van der Waals surface area contributed by atoms with E-state index in [-0.39, 0.29) is 5.82 Å². The quantitative estimate of drug-likeness (QED) is 0.883. The van der Waals surface area contributed by atoms with Gasteiger partial charge >= 0.3 is 0 Å². The number of aromatic nitrogens is 1. The minimum absolute atomic E-state index is 0.152. The van der Waals surface area contributed by atoms with Crippen molar-refractivity contribution in [2.45, 2.75) is 25.4 Å². The second-order valence-corrected chi connectivity index (χ2v) is 4.31. The second kappa shape index (κ2) is 4.30. The molecule has 3 nitrogen and oxygen atoms in total. The molecule has 1 aromatic carbocycles. The van der Waals surface area contributed by atoms with E-state index in [1.165, 1.54) is 11.6 Å². The van der Waals surface area contributed by atoms with E-state index in [2.05, 4.69) is 10.5 Å². The van der Waals surface area contributed by atoms with E-state index < -0.39 is 0 Å². The molecule has 0 amide bonds. The molecule has 2 aromatic rings. The molecule has 17 heavy (non-hydrogen) atoms. The molecule has 0 fully saturated rings. The van der Waals surface area contributed by atoms with Crippen LogP contribution in [-0.4, -0.2) is 5.16 Å². The number of fused-ring (bicyclic) bond motifs is 1. The van der Waals surface area contributed by atoms with Crippen molar-refractivity contribution in [3.8, 4) is 0 Å². The van der Waals surface area contributed by atoms with E-state index in [0.717, 1.165) is 24.1 Å². The van der Waals surface area contributed by atoms with E-state index in [0.29, 0.717) is 12.6 Å². The molecular formula is C13H13FN2O. The van der Waals surface area contributed by atoms with Crippen molar-refractivity contribution < 1.29 is 8.91 Å². The highest BCUT2D eigenvalue weighted by molar-refractivity contribution is 5.34. The lowest BCUT2D eigenvalue weighted by Crippen LogP contribution is -2.18. The molecule has 88 valence electrons. The molecule has 1 aliphatic carbocycles. The molecule has 1 atom stereocenters. The Morgan fingerprint density at radius 1 is 1.41 bits per heavy atom.